The van der Waals surface area contributed by atoms with Gasteiger partial charge in [0.15, 0.2) is 0 Å². The van der Waals surface area contributed by atoms with Gasteiger partial charge in [-0.3, -0.25) is 4.90 Å². The number of piperidine rings is 1. The van der Waals surface area contributed by atoms with Gasteiger partial charge in [-0.15, -0.1) is 0 Å². The Bertz CT molecular complexity index is 347. The van der Waals surface area contributed by atoms with Crippen LogP contribution >= 0.6 is 0 Å². The lowest BCUT2D eigenvalue weighted by Crippen LogP contribution is -2.47. The summed E-state index contributed by atoms with van der Waals surface area (Å²) in [5.74, 6) is 1.17. The summed E-state index contributed by atoms with van der Waals surface area (Å²) in [5, 5.41) is 3.56. The first-order valence-corrected chi connectivity index (χ1v) is 6.64. The Balaban J connectivity index is 1.89. The van der Waals surface area contributed by atoms with Gasteiger partial charge in [0.05, 0.1) is 6.54 Å². The van der Waals surface area contributed by atoms with Crippen molar-refractivity contribution in [3.05, 3.63) is 18.2 Å². The molecule has 1 N–H and O–H groups in total. The van der Waals surface area contributed by atoms with Crippen LogP contribution in [0, 0.1) is 0 Å². The molecule has 2 heterocycles. The van der Waals surface area contributed by atoms with Crippen LogP contribution in [0.1, 0.15) is 32.5 Å². The highest BCUT2D eigenvalue weighted by molar-refractivity contribution is 4.93. The van der Waals surface area contributed by atoms with Crippen molar-refractivity contribution in [3.8, 4) is 0 Å². The maximum atomic E-state index is 4.41. The summed E-state index contributed by atoms with van der Waals surface area (Å²) in [7, 11) is 2.07. The summed E-state index contributed by atoms with van der Waals surface area (Å²) in [6.45, 7) is 7.74. The third kappa shape index (κ3) is 3.07. The zero-order valence-electron chi connectivity index (χ0n) is 11.2. The molecule has 1 saturated heterocycles. The highest BCUT2D eigenvalue weighted by Crippen LogP contribution is 2.19. The normalized spacial score (nSPS) is 26.3. The molecule has 0 aromatic carbocycles. The minimum Gasteiger partial charge on any atom is -0.337 e. The van der Waals surface area contributed by atoms with Gasteiger partial charge in [0.1, 0.15) is 5.82 Å². The van der Waals surface area contributed by atoms with E-state index in [2.05, 4.69) is 40.7 Å². The molecule has 17 heavy (non-hydrogen) atoms. The number of nitrogens with zero attached hydrogens (tertiary/aromatic N) is 3. The second-order valence-corrected chi connectivity index (χ2v) is 5.05. The van der Waals surface area contributed by atoms with Crippen molar-refractivity contribution >= 4 is 0 Å². The van der Waals surface area contributed by atoms with E-state index in [4.69, 9.17) is 0 Å². The average molecular weight is 236 g/mol. The van der Waals surface area contributed by atoms with Gasteiger partial charge < -0.3 is 9.88 Å². The standard InChI is InChI=1S/C13H24N4/c1-4-14-12-5-7-17(11(2)9-12)10-13-15-6-8-16(13)3/h6,8,11-12,14H,4-5,7,9-10H2,1-3H3. The van der Waals surface area contributed by atoms with Gasteiger partial charge in [0, 0.05) is 38.1 Å². The van der Waals surface area contributed by atoms with Crippen LogP contribution in [0.15, 0.2) is 12.4 Å². The summed E-state index contributed by atoms with van der Waals surface area (Å²) in [6.07, 6.45) is 6.40. The molecule has 0 radical (unpaired) electrons. The lowest BCUT2D eigenvalue weighted by atomic mass is 9.98. The van der Waals surface area contributed by atoms with Crippen LogP contribution < -0.4 is 5.32 Å². The fourth-order valence-electron chi connectivity index (χ4n) is 2.66. The van der Waals surface area contributed by atoms with Crippen molar-refractivity contribution in [1.29, 1.82) is 0 Å². The van der Waals surface area contributed by atoms with E-state index in [1.807, 2.05) is 12.4 Å². The number of aryl methyl sites for hydroxylation is 1. The fraction of sp³-hybridized carbons (Fsp3) is 0.769. The largest absolute Gasteiger partial charge is 0.337 e. The molecule has 4 nitrogen and oxygen atoms in total. The Kier molecular flexibility index (Phi) is 4.18. The van der Waals surface area contributed by atoms with E-state index in [9.17, 15) is 0 Å². The van der Waals surface area contributed by atoms with Crippen molar-refractivity contribution < 1.29 is 0 Å². The number of nitrogens with one attached hydrogen (secondary N) is 1. The van der Waals surface area contributed by atoms with Crippen molar-refractivity contribution in [2.75, 3.05) is 13.1 Å². The first kappa shape index (κ1) is 12.6. The van der Waals surface area contributed by atoms with Crippen LogP contribution in [0.25, 0.3) is 0 Å². The molecule has 4 heteroatoms. The molecule has 0 saturated carbocycles. The van der Waals surface area contributed by atoms with E-state index in [1.165, 1.54) is 25.2 Å². The van der Waals surface area contributed by atoms with E-state index in [0.29, 0.717) is 12.1 Å². The summed E-state index contributed by atoms with van der Waals surface area (Å²) in [4.78, 5) is 6.94. The molecular formula is C13H24N4. The summed E-state index contributed by atoms with van der Waals surface area (Å²) in [6, 6.07) is 1.34. The minimum absolute atomic E-state index is 0.643. The van der Waals surface area contributed by atoms with E-state index in [-0.39, 0.29) is 0 Å². The number of imidazole rings is 1. The molecule has 2 rings (SSSR count). The van der Waals surface area contributed by atoms with Crippen molar-refractivity contribution in [3.63, 3.8) is 0 Å². The first-order valence-electron chi connectivity index (χ1n) is 6.64. The zero-order chi connectivity index (χ0) is 12.3. The van der Waals surface area contributed by atoms with Crippen LogP contribution in [0.3, 0.4) is 0 Å². The first-order chi connectivity index (χ1) is 8.20. The smallest absolute Gasteiger partial charge is 0.122 e. The minimum atomic E-state index is 0.643. The Morgan fingerprint density at radius 3 is 2.94 bits per heavy atom. The maximum absolute atomic E-state index is 4.41. The topological polar surface area (TPSA) is 33.1 Å². The van der Waals surface area contributed by atoms with E-state index in [0.717, 1.165) is 13.1 Å². The zero-order valence-corrected chi connectivity index (χ0v) is 11.2. The van der Waals surface area contributed by atoms with Gasteiger partial charge >= 0.3 is 0 Å². The third-order valence-corrected chi connectivity index (χ3v) is 3.77. The van der Waals surface area contributed by atoms with Crippen LogP contribution in [0.2, 0.25) is 0 Å². The van der Waals surface area contributed by atoms with Crippen molar-refractivity contribution in [1.82, 2.24) is 19.8 Å². The quantitative estimate of drug-likeness (QED) is 0.857. The molecule has 1 aromatic heterocycles. The molecule has 1 aliphatic rings. The monoisotopic (exact) mass is 236 g/mol. The highest BCUT2D eigenvalue weighted by atomic mass is 15.2. The van der Waals surface area contributed by atoms with E-state index < -0.39 is 0 Å². The molecule has 2 atom stereocenters. The van der Waals surface area contributed by atoms with Crippen LogP contribution in [0.5, 0.6) is 0 Å². The molecule has 1 aromatic rings. The fourth-order valence-corrected chi connectivity index (χ4v) is 2.66. The van der Waals surface area contributed by atoms with Gasteiger partial charge in [-0.05, 0) is 26.3 Å². The Morgan fingerprint density at radius 2 is 2.35 bits per heavy atom. The number of likely N-dealkylation sites (tertiary alicyclic amines) is 1. The molecule has 1 aliphatic heterocycles. The predicted octanol–water partition coefficient (Wildman–Crippen LogP) is 1.38. The molecule has 0 spiro atoms. The molecular weight excluding hydrogens is 212 g/mol. The Labute approximate surface area is 104 Å². The van der Waals surface area contributed by atoms with Gasteiger partial charge in [0.2, 0.25) is 0 Å². The molecule has 1 fully saturated rings. The highest BCUT2D eigenvalue weighted by Gasteiger charge is 2.25. The van der Waals surface area contributed by atoms with Crippen molar-refractivity contribution in [2.24, 2.45) is 7.05 Å². The molecule has 0 aliphatic carbocycles. The van der Waals surface area contributed by atoms with Gasteiger partial charge in [-0.2, -0.15) is 0 Å². The summed E-state index contributed by atoms with van der Waals surface area (Å²) >= 11 is 0. The van der Waals surface area contributed by atoms with E-state index in [1.54, 1.807) is 0 Å². The lowest BCUT2D eigenvalue weighted by Gasteiger charge is -2.37. The number of hydrogen-bond donors (Lipinski definition) is 1. The molecule has 2 unspecified atom stereocenters. The van der Waals surface area contributed by atoms with Crippen molar-refractivity contribution in [2.45, 2.75) is 45.3 Å². The summed E-state index contributed by atoms with van der Waals surface area (Å²) in [5.41, 5.74) is 0. The SMILES string of the molecule is CCNC1CCN(Cc2nccn2C)C(C)C1. The maximum Gasteiger partial charge on any atom is 0.122 e. The second kappa shape index (κ2) is 5.65. The van der Waals surface area contributed by atoms with Crippen LogP contribution in [0.4, 0.5) is 0 Å². The Hall–Kier alpha value is -0.870. The third-order valence-electron chi connectivity index (χ3n) is 3.77. The van der Waals surface area contributed by atoms with Crippen LogP contribution in [-0.4, -0.2) is 39.6 Å². The van der Waals surface area contributed by atoms with Gasteiger partial charge in [0.25, 0.3) is 0 Å². The van der Waals surface area contributed by atoms with Gasteiger partial charge in [-0.25, -0.2) is 4.98 Å². The summed E-state index contributed by atoms with van der Waals surface area (Å²) < 4.78 is 2.11. The lowest BCUT2D eigenvalue weighted by molar-refractivity contribution is 0.125. The average Bonchev–Trinajstić information content (AvgIpc) is 2.69. The van der Waals surface area contributed by atoms with Gasteiger partial charge in [-0.1, -0.05) is 6.92 Å². The Morgan fingerprint density at radius 1 is 1.53 bits per heavy atom. The molecule has 0 bridgehead atoms. The number of hydrogen-bond acceptors (Lipinski definition) is 3. The number of rotatable bonds is 4. The van der Waals surface area contributed by atoms with E-state index >= 15 is 0 Å². The molecule has 0 amide bonds. The predicted molar refractivity (Wildman–Crippen MR) is 69.8 cm³/mol. The number of aromatic nitrogens is 2. The second-order valence-electron chi connectivity index (χ2n) is 5.05. The van der Waals surface area contributed by atoms with Crippen LogP contribution in [-0.2, 0) is 13.6 Å². The molecule has 96 valence electrons.